The molecule has 0 amide bonds. The zero-order chi connectivity index (χ0) is 36.6. The Morgan fingerprint density at radius 2 is 1.62 bits per heavy atom. The van der Waals surface area contributed by atoms with Crippen LogP contribution in [0.25, 0.3) is 17.2 Å². The van der Waals surface area contributed by atoms with Gasteiger partial charge in [-0.15, -0.1) is 0 Å². The quantitative estimate of drug-likeness (QED) is 0.156. The van der Waals surface area contributed by atoms with Crippen molar-refractivity contribution >= 4 is 17.7 Å². The summed E-state index contributed by atoms with van der Waals surface area (Å²) in [5, 5.41) is 0. The van der Waals surface area contributed by atoms with Crippen LogP contribution in [0.5, 0.6) is 5.75 Å². The molecule has 4 rings (SSSR count). The van der Waals surface area contributed by atoms with E-state index >= 15 is 0 Å². The lowest BCUT2D eigenvalue weighted by molar-refractivity contribution is -0.171. The van der Waals surface area contributed by atoms with E-state index in [0.29, 0.717) is 25.3 Å². The lowest BCUT2D eigenvalue weighted by Gasteiger charge is -2.41. The van der Waals surface area contributed by atoms with Crippen molar-refractivity contribution in [2.75, 3.05) is 31.2 Å². The number of anilines is 1. The van der Waals surface area contributed by atoms with Gasteiger partial charge in [-0.05, 0) is 115 Å². The summed E-state index contributed by atoms with van der Waals surface area (Å²) in [6.45, 7) is 22.7. The fourth-order valence-electron chi connectivity index (χ4n) is 6.04. The molecule has 2 aromatic carbocycles. The maximum Gasteiger partial charge on any atom is 0.340 e. The summed E-state index contributed by atoms with van der Waals surface area (Å²) < 4.78 is 37.7. The molecular formula is C42H57FN2O5. The van der Waals surface area contributed by atoms with Gasteiger partial charge in [-0.2, -0.15) is 0 Å². The summed E-state index contributed by atoms with van der Waals surface area (Å²) >= 11 is 0. The first kappa shape index (κ1) is 39.0. The minimum atomic E-state index is -0.982. The molecule has 1 atom stereocenters. The first-order chi connectivity index (χ1) is 23.5. The molecule has 272 valence electrons. The van der Waals surface area contributed by atoms with Crippen molar-refractivity contribution in [3.8, 4) is 16.9 Å². The molecule has 0 saturated carbocycles. The number of aryl methyl sites for hydroxylation is 1. The lowest BCUT2D eigenvalue weighted by Crippen LogP contribution is -2.39. The fourth-order valence-corrected chi connectivity index (χ4v) is 6.04. The molecule has 1 aromatic heterocycles. The Labute approximate surface area is 299 Å². The molecule has 0 N–H and O–H groups in total. The predicted octanol–water partition coefficient (Wildman–Crippen LogP) is 9.69. The van der Waals surface area contributed by atoms with Crippen LogP contribution in [0, 0.1) is 18.2 Å². The maximum absolute atomic E-state index is 13.9. The Balaban J connectivity index is 1.86. The summed E-state index contributed by atoms with van der Waals surface area (Å²) in [6, 6.07) is 14.5. The van der Waals surface area contributed by atoms with Gasteiger partial charge in [0.25, 0.3) is 0 Å². The number of hydrogen-bond donors (Lipinski definition) is 0. The monoisotopic (exact) mass is 688 g/mol. The highest BCUT2D eigenvalue weighted by atomic mass is 19.1. The van der Waals surface area contributed by atoms with Crippen LogP contribution in [-0.2, 0) is 25.4 Å². The van der Waals surface area contributed by atoms with Gasteiger partial charge in [0, 0.05) is 36.3 Å². The third kappa shape index (κ3) is 11.1. The molecule has 2 heterocycles. The Hall–Kier alpha value is -3.75. The number of carbonyl (C=O) groups excluding carboxylic acids is 1. The average molecular weight is 689 g/mol. The highest BCUT2D eigenvalue weighted by Gasteiger charge is 2.38. The number of ether oxygens (including phenoxy) is 4. The second-order valence-electron chi connectivity index (χ2n) is 15.5. The van der Waals surface area contributed by atoms with Crippen LogP contribution in [0.15, 0.2) is 54.6 Å². The van der Waals surface area contributed by atoms with Gasteiger partial charge in [0.15, 0.2) is 6.10 Å². The van der Waals surface area contributed by atoms with E-state index in [0.717, 1.165) is 65.3 Å². The van der Waals surface area contributed by atoms with E-state index in [4.69, 9.17) is 23.9 Å². The zero-order valence-corrected chi connectivity index (χ0v) is 31.8. The fraction of sp³-hybridized carbons (Fsp3) is 0.524. The predicted molar refractivity (Wildman–Crippen MR) is 200 cm³/mol. The third-order valence-electron chi connectivity index (χ3n) is 8.68. The first-order valence-corrected chi connectivity index (χ1v) is 18.0. The van der Waals surface area contributed by atoms with Gasteiger partial charge in [0.05, 0.1) is 42.4 Å². The number of aromatic nitrogens is 1. The average Bonchev–Trinajstić information content (AvgIpc) is 3.02. The van der Waals surface area contributed by atoms with Crippen LogP contribution in [0.3, 0.4) is 0 Å². The van der Waals surface area contributed by atoms with Gasteiger partial charge in [-0.1, -0.05) is 44.2 Å². The SMILES string of the molecule is Cc1nc(C=CCOC(C)C)c(-c2ccc(OCCc3ccc(F)cc3)cc2)c(N2CCC(C)(C)CC2)c1[C@H](OC(C)(C)C)C(=O)OC(C)C. The van der Waals surface area contributed by atoms with Crippen LogP contribution >= 0.6 is 0 Å². The summed E-state index contributed by atoms with van der Waals surface area (Å²) in [6.07, 6.45) is 5.50. The van der Waals surface area contributed by atoms with Gasteiger partial charge < -0.3 is 23.8 Å². The van der Waals surface area contributed by atoms with Crippen molar-refractivity contribution < 1.29 is 28.1 Å². The molecule has 1 aliphatic heterocycles. The Kier molecular flexibility index (Phi) is 13.3. The third-order valence-corrected chi connectivity index (χ3v) is 8.68. The summed E-state index contributed by atoms with van der Waals surface area (Å²) in [5.74, 6) is 0.0543. The van der Waals surface area contributed by atoms with Gasteiger partial charge in [-0.25, -0.2) is 9.18 Å². The molecule has 1 aliphatic rings. The van der Waals surface area contributed by atoms with E-state index in [1.807, 2.05) is 79.7 Å². The Morgan fingerprint density at radius 3 is 2.20 bits per heavy atom. The molecule has 0 radical (unpaired) electrons. The van der Waals surface area contributed by atoms with Crippen molar-refractivity contribution in [3.63, 3.8) is 0 Å². The van der Waals surface area contributed by atoms with Crippen molar-refractivity contribution in [1.82, 2.24) is 4.98 Å². The number of hydrogen-bond acceptors (Lipinski definition) is 7. The smallest absolute Gasteiger partial charge is 0.340 e. The molecule has 0 unspecified atom stereocenters. The van der Waals surface area contributed by atoms with Crippen molar-refractivity contribution in [2.24, 2.45) is 5.41 Å². The number of pyridine rings is 1. The van der Waals surface area contributed by atoms with Crippen LogP contribution in [0.2, 0.25) is 0 Å². The Morgan fingerprint density at radius 1 is 0.980 bits per heavy atom. The molecule has 1 fully saturated rings. The molecule has 0 bridgehead atoms. The van der Waals surface area contributed by atoms with Crippen molar-refractivity contribution in [2.45, 2.75) is 112 Å². The number of rotatable bonds is 14. The molecule has 7 nitrogen and oxygen atoms in total. The largest absolute Gasteiger partial charge is 0.493 e. The van der Waals surface area contributed by atoms with E-state index in [1.54, 1.807) is 12.1 Å². The van der Waals surface area contributed by atoms with Crippen LogP contribution in [0.1, 0.15) is 104 Å². The van der Waals surface area contributed by atoms with Crippen LogP contribution in [-0.4, -0.2) is 55.1 Å². The summed E-state index contributed by atoms with van der Waals surface area (Å²) in [5.41, 5.74) is 5.63. The molecule has 1 saturated heterocycles. The molecule has 50 heavy (non-hydrogen) atoms. The number of esters is 1. The number of halogens is 1. The number of piperidine rings is 1. The van der Waals surface area contributed by atoms with E-state index in [1.165, 1.54) is 12.1 Å². The number of benzene rings is 2. The second-order valence-corrected chi connectivity index (χ2v) is 15.5. The zero-order valence-electron chi connectivity index (χ0n) is 31.8. The molecule has 0 spiro atoms. The molecule has 0 aliphatic carbocycles. The molecule has 3 aromatic rings. The van der Waals surface area contributed by atoms with Crippen molar-refractivity contribution in [3.05, 3.63) is 82.9 Å². The lowest BCUT2D eigenvalue weighted by atomic mass is 9.81. The molecular weight excluding hydrogens is 631 g/mol. The van der Waals surface area contributed by atoms with Gasteiger partial charge in [0.2, 0.25) is 0 Å². The van der Waals surface area contributed by atoms with Crippen molar-refractivity contribution in [1.29, 1.82) is 0 Å². The summed E-state index contributed by atoms with van der Waals surface area (Å²) in [4.78, 5) is 21.5. The normalized spacial score (nSPS) is 15.6. The van der Waals surface area contributed by atoms with E-state index in [9.17, 15) is 9.18 Å². The topological polar surface area (TPSA) is 70.1 Å². The minimum absolute atomic E-state index is 0.0985. The highest BCUT2D eigenvalue weighted by molar-refractivity contribution is 5.91. The van der Waals surface area contributed by atoms with Crippen LogP contribution < -0.4 is 9.64 Å². The highest BCUT2D eigenvalue weighted by Crippen LogP contribution is 2.46. The van der Waals surface area contributed by atoms with Crippen LogP contribution in [0.4, 0.5) is 10.1 Å². The number of carbonyl (C=O) groups is 1. The minimum Gasteiger partial charge on any atom is -0.493 e. The van der Waals surface area contributed by atoms with Gasteiger partial charge in [0.1, 0.15) is 11.6 Å². The summed E-state index contributed by atoms with van der Waals surface area (Å²) in [7, 11) is 0. The van der Waals surface area contributed by atoms with E-state index in [-0.39, 0.29) is 23.4 Å². The molecule has 8 heteroatoms. The van der Waals surface area contributed by atoms with E-state index < -0.39 is 17.7 Å². The number of nitrogens with zero attached hydrogens (tertiary/aromatic N) is 2. The maximum atomic E-state index is 13.9. The Bertz CT molecular complexity index is 1580. The second kappa shape index (κ2) is 17.0. The van der Waals surface area contributed by atoms with Gasteiger partial charge >= 0.3 is 5.97 Å². The standard InChI is InChI=1S/C42H57FN2O5/c1-28(2)47-26-11-12-35-37(32-15-19-34(20-16-32)48-27-21-31-13-17-33(43)18-14-31)38(45-24-22-42(9,10)23-25-45)36(30(5)44-35)39(50-41(6,7)8)40(46)49-29(3)4/h11-20,28-29,39H,21-27H2,1-10H3/t39-/m0/s1. The first-order valence-electron chi connectivity index (χ1n) is 18.0. The van der Waals surface area contributed by atoms with E-state index in [2.05, 4.69) is 30.9 Å². The van der Waals surface area contributed by atoms with Gasteiger partial charge in [-0.3, -0.25) is 4.98 Å².